The van der Waals surface area contributed by atoms with Crippen LogP contribution in [0.2, 0.25) is 0 Å². The fourth-order valence-corrected chi connectivity index (χ4v) is 1.99. The van der Waals surface area contributed by atoms with Crippen molar-refractivity contribution in [1.29, 1.82) is 0 Å². The van der Waals surface area contributed by atoms with Gasteiger partial charge in [0.05, 0.1) is 11.5 Å². The van der Waals surface area contributed by atoms with Crippen LogP contribution in [0.25, 0.3) is 0 Å². The van der Waals surface area contributed by atoms with Crippen LogP contribution in [-0.2, 0) is 9.59 Å². The molecule has 1 aliphatic rings. The Kier molecular flexibility index (Phi) is 3.20. The number of aromatic carboxylic acids is 1. The van der Waals surface area contributed by atoms with E-state index in [0.29, 0.717) is 0 Å². The van der Waals surface area contributed by atoms with E-state index in [1.807, 2.05) is 0 Å². The maximum atomic E-state index is 13.3. The minimum atomic E-state index is -1.42. The number of carbonyl (C=O) groups excluding carboxylic acids is 2. The van der Waals surface area contributed by atoms with Crippen LogP contribution in [0.4, 0.5) is 10.1 Å². The molecule has 1 heterocycles. The largest absolute Gasteiger partial charge is 0.478 e. The van der Waals surface area contributed by atoms with Gasteiger partial charge in [-0.25, -0.2) is 9.18 Å². The molecule has 0 radical (unpaired) electrons. The number of carbonyl (C=O) groups is 3. The zero-order valence-electron chi connectivity index (χ0n) is 9.80. The molecule has 7 heteroatoms. The molecule has 1 unspecified atom stereocenters. The molecule has 19 heavy (non-hydrogen) atoms. The lowest BCUT2D eigenvalue weighted by Crippen LogP contribution is -2.28. The standard InChI is InChI=1S/C12H11FN2O4/c13-9-2-1-7(4-8(9)12(18)19)15-5-6(11(14)17)3-10(15)16/h1-2,4,6H,3,5H2,(H2,14,17)(H,18,19). The first kappa shape index (κ1) is 13.0. The van der Waals surface area contributed by atoms with E-state index in [9.17, 15) is 18.8 Å². The number of hydrogen-bond donors (Lipinski definition) is 2. The van der Waals surface area contributed by atoms with Gasteiger partial charge in [0, 0.05) is 18.7 Å². The first-order valence-electron chi connectivity index (χ1n) is 5.52. The molecule has 0 spiro atoms. The molecule has 1 fully saturated rings. The van der Waals surface area contributed by atoms with E-state index in [4.69, 9.17) is 10.8 Å². The normalized spacial score (nSPS) is 18.7. The monoisotopic (exact) mass is 266 g/mol. The maximum absolute atomic E-state index is 13.3. The minimum Gasteiger partial charge on any atom is -0.478 e. The Labute approximate surface area is 107 Å². The van der Waals surface area contributed by atoms with E-state index < -0.39 is 29.2 Å². The van der Waals surface area contributed by atoms with Crippen molar-refractivity contribution in [2.45, 2.75) is 6.42 Å². The summed E-state index contributed by atoms with van der Waals surface area (Å²) < 4.78 is 13.3. The van der Waals surface area contributed by atoms with Crippen LogP contribution in [0.1, 0.15) is 16.8 Å². The van der Waals surface area contributed by atoms with Crippen LogP contribution in [0.3, 0.4) is 0 Å². The summed E-state index contributed by atoms with van der Waals surface area (Å²) in [5.74, 6) is -3.83. The van der Waals surface area contributed by atoms with Gasteiger partial charge in [0.25, 0.3) is 0 Å². The van der Waals surface area contributed by atoms with E-state index in [0.717, 1.165) is 12.1 Å². The molecule has 0 aliphatic carbocycles. The lowest BCUT2D eigenvalue weighted by Gasteiger charge is -2.16. The fraction of sp³-hybridized carbons (Fsp3) is 0.250. The van der Waals surface area contributed by atoms with Gasteiger partial charge in [-0.1, -0.05) is 0 Å². The zero-order valence-corrected chi connectivity index (χ0v) is 9.80. The fourth-order valence-electron chi connectivity index (χ4n) is 1.99. The summed E-state index contributed by atoms with van der Waals surface area (Å²) in [6.45, 7) is 0.0822. The van der Waals surface area contributed by atoms with Gasteiger partial charge < -0.3 is 15.7 Å². The molecule has 1 aliphatic heterocycles. The second-order valence-electron chi connectivity index (χ2n) is 4.28. The van der Waals surface area contributed by atoms with E-state index in [1.165, 1.54) is 11.0 Å². The molecular weight excluding hydrogens is 255 g/mol. The van der Waals surface area contributed by atoms with Gasteiger partial charge in [0.1, 0.15) is 5.82 Å². The molecule has 0 bridgehead atoms. The number of carboxylic acids is 1. The van der Waals surface area contributed by atoms with E-state index in [2.05, 4.69) is 0 Å². The first-order chi connectivity index (χ1) is 8.90. The highest BCUT2D eigenvalue weighted by Gasteiger charge is 2.34. The third-order valence-electron chi connectivity index (χ3n) is 3.02. The molecular formula is C12H11FN2O4. The molecule has 1 aromatic rings. The van der Waals surface area contributed by atoms with Crippen LogP contribution in [0.5, 0.6) is 0 Å². The number of benzene rings is 1. The SMILES string of the molecule is NC(=O)C1CC(=O)N(c2ccc(F)c(C(=O)O)c2)C1. The number of amides is 2. The topological polar surface area (TPSA) is 101 Å². The van der Waals surface area contributed by atoms with E-state index >= 15 is 0 Å². The summed E-state index contributed by atoms with van der Waals surface area (Å²) in [6, 6.07) is 3.34. The van der Waals surface area contributed by atoms with Gasteiger partial charge in [0.2, 0.25) is 11.8 Å². The number of nitrogens with two attached hydrogens (primary N) is 1. The molecule has 0 saturated carbocycles. The van der Waals surface area contributed by atoms with Crippen molar-refractivity contribution in [3.8, 4) is 0 Å². The van der Waals surface area contributed by atoms with Gasteiger partial charge in [-0.3, -0.25) is 9.59 Å². The van der Waals surface area contributed by atoms with Crippen molar-refractivity contribution in [3.05, 3.63) is 29.6 Å². The van der Waals surface area contributed by atoms with Crippen LogP contribution in [-0.4, -0.2) is 29.4 Å². The van der Waals surface area contributed by atoms with E-state index in [1.54, 1.807) is 0 Å². The molecule has 0 aromatic heterocycles. The van der Waals surface area contributed by atoms with Crippen molar-refractivity contribution >= 4 is 23.5 Å². The third-order valence-corrected chi connectivity index (χ3v) is 3.02. The van der Waals surface area contributed by atoms with Crippen molar-refractivity contribution in [3.63, 3.8) is 0 Å². The molecule has 1 aromatic carbocycles. The summed E-state index contributed by atoms with van der Waals surface area (Å²) in [5, 5.41) is 8.82. The Morgan fingerprint density at radius 2 is 2.11 bits per heavy atom. The highest BCUT2D eigenvalue weighted by atomic mass is 19.1. The Balaban J connectivity index is 2.33. The van der Waals surface area contributed by atoms with E-state index in [-0.39, 0.29) is 24.6 Å². The number of halogens is 1. The Morgan fingerprint density at radius 3 is 2.63 bits per heavy atom. The first-order valence-corrected chi connectivity index (χ1v) is 5.52. The predicted molar refractivity (Wildman–Crippen MR) is 63.0 cm³/mol. The van der Waals surface area contributed by atoms with Crippen molar-refractivity contribution in [2.24, 2.45) is 11.7 Å². The number of hydrogen-bond acceptors (Lipinski definition) is 3. The number of anilines is 1. The Hall–Kier alpha value is -2.44. The van der Waals surface area contributed by atoms with Crippen LogP contribution < -0.4 is 10.6 Å². The molecule has 2 amide bonds. The summed E-state index contributed by atoms with van der Waals surface area (Å²) in [5.41, 5.74) is 4.85. The summed E-state index contributed by atoms with van der Waals surface area (Å²) in [4.78, 5) is 34.8. The lowest BCUT2D eigenvalue weighted by molar-refractivity contribution is -0.123. The molecule has 2 rings (SSSR count). The molecule has 3 N–H and O–H groups in total. The Morgan fingerprint density at radius 1 is 1.42 bits per heavy atom. The summed E-state index contributed by atoms with van der Waals surface area (Å²) in [6.07, 6.45) is -0.0187. The molecule has 1 saturated heterocycles. The highest BCUT2D eigenvalue weighted by molar-refractivity contribution is 6.01. The zero-order chi connectivity index (χ0) is 14.2. The van der Waals surface area contributed by atoms with Gasteiger partial charge in [-0.05, 0) is 18.2 Å². The predicted octanol–water partition coefficient (Wildman–Crippen LogP) is 0.362. The quantitative estimate of drug-likeness (QED) is 0.824. The summed E-state index contributed by atoms with van der Waals surface area (Å²) in [7, 11) is 0. The Bertz CT molecular complexity index is 573. The smallest absolute Gasteiger partial charge is 0.338 e. The van der Waals surface area contributed by atoms with Gasteiger partial charge >= 0.3 is 5.97 Å². The van der Waals surface area contributed by atoms with Gasteiger partial charge in [-0.2, -0.15) is 0 Å². The van der Waals surface area contributed by atoms with Crippen molar-refractivity contribution in [2.75, 3.05) is 11.4 Å². The van der Waals surface area contributed by atoms with Crippen LogP contribution in [0, 0.1) is 11.7 Å². The average molecular weight is 266 g/mol. The van der Waals surface area contributed by atoms with Crippen molar-refractivity contribution in [1.82, 2.24) is 0 Å². The number of carboxylic acid groups (broad SMARTS) is 1. The summed E-state index contributed by atoms with van der Waals surface area (Å²) >= 11 is 0. The molecule has 6 nitrogen and oxygen atoms in total. The van der Waals surface area contributed by atoms with Gasteiger partial charge in [0.15, 0.2) is 0 Å². The number of rotatable bonds is 3. The number of nitrogens with zero attached hydrogens (tertiary/aromatic N) is 1. The second kappa shape index (κ2) is 4.68. The van der Waals surface area contributed by atoms with Crippen molar-refractivity contribution < 1.29 is 23.9 Å². The lowest BCUT2D eigenvalue weighted by atomic mass is 10.1. The van der Waals surface area contributed by atoms with Gasteiger partial charge in [-0.15, -0.1) is 0 Å². The third kappa shape index (κ3) is 2.40. The highest BCUT2D eigenvalue weighted by Crippen LogP contribution is 2.26. The van der Waals surface area contributed by atoms with Crippen LogP contribution >= 0.6 is 0 Å². The number of primary amides is 1. The maximum Gasteiger partial charge on any atom is 0.338 e. The second-order valence-corrected chi connectivity index (χ2v) is 4.28. The average Bonchev–Trinajstić information content (AvgIpc) is 2.72. The minimum absolute atomic E-state index is 0.0187. The molecule has 100 valence electrons. The van der Waals surface area contributed by atoms with Crippen LogP contribution in [0.15, 0.2) is 18.2 Å². The molecule has 1 atom stereocenters.